The first-order chi connectivity index (χ1) is 10.6. The number of pyridine rings is 1. The largest absolute Gasteiger partial charge is 0.493 e. The van der Waals surface area contributed by atoms with E-state index in [-0.39, 0.29) is 5.88 Å². The molecule has 2 aromatic heterocycles. The molecule has 5 heteroatoms. The molecule has 0 fully saturated rings. The molecule has 0 saturated carbocycles. The quantitative estimate of drug-likeness (QED) is 0.795. The van der Waals surface area contributed by atoms with Crippen molar-refractivity contribution >= 4 is 16.6 Å². The second-order valence-electron chi connectivity index (χ2n) is 5.23. The second kappa shape index (κ2) is 5.67. The standard InChI is InChI=1S/C17H18FN3O/c1-3-10-20(16-8-9-19-11-14(16)18)21-15-7-5-4-6-13(15)12(2)17(21)22/h4-9,11,22H,3,10H2,1-2H3. The summed E-state index contributed by atoms with van der Waals surface area (Å²) in [5.74, 6) is -0.281. The second-order valence-corrected chi connectivity index (χ2v) is 5.23. The number of aryl methyl sites for hydroxylation is 1. The number of aromatic nitrogens is 2. The van der Waals surface area contributed by atoms with Crippen molar-refractivity contribution in [2.45, 2.75) is 20.3 Å². The highest BCUT2D eigenvalue weighted by atomic mass is 19.1. The van der Waals surface area contributed by atoms with Crippen LogP contribution in [-0.4, -0.2) is 21.3 Å². The topological polar surface area (TPSA) is 41.3 Å². The van der Waals surface area contributed by atoms with E-state index in [2.05, 4.69) is 4.98 Å². The highest BCUT2D eigenvalue weighted by Crippen LogP contribution is 2.33. The Kier molecular flexibility index (Phi) is 3.71. The Morgan fingerprint density at radius 3 is 2.77 bits per heavy atom. The van der Waals surface area contributed by atoms with Gasteiger partial charge in [0.05, 0.1) is 17.4 Å². The Balaban J connectivity index is 2.26. The van der Waals surface area contributed by atoms with Crippen molar-refractivity contribution in [3.8, 4) is 5.88 Å². The molecule has 0 amide bonds. The van der Waals surface area contributed by atoms with Crippen molar-refractivity contribution in [2.75, 3.05) is 11.6 Å². The van der Waals surface area contributed by atoms with Crippen LogP contribution in [0.4, 0.5) is 10.1 Å². The lowest BCUT2D eigenvalue weighted by Crippen LogP contribution is -2.30. The lowest BCUT2D eigenvalue weighted by molar-refractivity contribution is 0.417. The fourth-order valence-corrected chi connectivity index (χ4v) is 2.73. The van der Waals surface area contributed by atoms with Crippen LogP contribution in [0.15, 0.2) is 42.7 Å². The van der Waals surface area contributed by atoms with E-state index in [1.165, 1.54) is 6.20 Å². The summed E-state index contributed by atoms with van der Waals surface area (Å²) in [5.41, 5.74) is 2.03. The first-order valence-corrected chi connectivity index (χ1v) is 7.31. The van der Waals surface area contributed by atoms with Crippen LogP contribution in [0.5, 0.6) is 5.88 Å². The summed E-state index contributed by atoms with van der Waals surface area (Å²) >= 11 is 0. The molecule has 0 aliphatic heterocycles. The molecule has 0 aliphatic carbocycles. The van der Waals surface area contributed by atoms with Crippen molar-refractivity contribution in [2.24, 2.45) is 0 Å². The highest BCUT2D eigenvalue weighted by Gasteiger charge is 2.20. The van der Waals surface area contributed by atoms with Gasteiger partial charge >= 0.3 is 0 Å². The Hall–Kier alpha value is -2.56. The minimum absolute atomic E-state index is 0.130. The number of fused-ring (bicyclic) bond motifs is 1. The molecule has 3 rings (SSSR count). The van der Waals surface area contributed by atoms with Gasteiger partial charge in [-0.05, 0) is 25.5 Å². The van der Waals surface area contributed by atoms with Gasteiger partial charge in [0.1, 0.15) is 0 Å². The van der Waals surface area contributed by atoms with Gasteiger partial charge in [0, 0.05) is 23.7 Å². The van der Waals surface area contributed by atoms with Crippen LogP contribution >= 0.6 is 0 Å². The molecule has 0 spiro atoms. The molecule has 114 valence electrons. The molecule has 1 aromatic carbocycles. The molecule has 22 heavy (non-hydrogen) atoms. The van der Waals surface area contributed by atoms with Gasteiger partial charge in [0.15, 0.2) is 5.82 Å². The zero-order chi connectivity index (χ0) is 15.7. The summed E-state index contributed by atoms with van der Waals surface area (Å²) in [6, 6.07) is 9.33. The first-order valence-electron chi connectivity index (χ1n) is 7.31. The molecule has 0 aliphatic rings. The molecular formula is C17H18FN3O. The van der Waals surface area contributed by atoms with Crippen molar-refractivity contribution in [3.05, 3.63) is 54.1 Å². The molecule has 2 heterocycles. The van der Waals surface area contributed by atoms with Crippen LogP contribution in [0, 0.1) is 12.7 Å². The molecule has 4 nitrogen and oxygen atoms in total. The number of nitrogens with zero attached hydrogens (tertiary/aromatic N) is 3. The van der Waals surface area contributed by atoms with E-state index < -0.39 is 5.82 Å². The maximum Gasteiger partial charge on any atom is 0.214 e. The lowest BCUT2D eigenvalue weighted by atomic mass is 10.2. The number of halogens is 1. The van der Waals surface area contributed by atoms with E-state index in [9.17, 15) is 9.50 Å². The number of anilines is 1. The van der Waals surface area contributed by atoms with E-state index in [1.54, 1.807) is 21.9 Å². The molecule has 0 saturated heterocycles. The van der Waals surface area contributed by atoms with Crippen LogP contribution < -0.4 is 5.01 Å². The van der Waals surface area contributed by atoms with E-state index in [1.807, 2.05) is 38.1 Å². The van der Waals surface area contributed by atoms with Crippen molar-refractivity contribution in [1.82, 2.24) is 9.66 Å². The van der Waals surface area contributed by atoms with Crippen LogP contribution in [-0.2, 0) is 0 Å². The van der Waals surface area contributed by atoms with Crippen LogP contribution in [0.1, 0.15) is 18.9 Å². The number of hydrogen-bond donors (Lipinski definition) is 1. The average Bonchev–Trinajstić information content (AvgIpc) is 2.78. The average molecular weight is 299 g/mol. The predicted octanol–water partition coefficient (Wildman–Crippen LogP) is 3.87. The van der Waals surface area contributed by atoms with Gasteiger partial charge < -0.3 is 5.11 Å². The van der Waals surface area contributed by atoms with Crippen LogP contribution in [0.3, 0.4) is 0 Å². The van der Waals surface area contributed by atoms with E-state index in [4.69, 9.17) is 0 Å². The maximum atomic E-state index is 14.2. The third-order valence-corrected chi connectivity index (χ3v) is 3.78. The molecule has 3 aromatic rings. The van der Waals surface area contributed by atoms with E-state index >= 15 is 0 Å². The Bertz CT molecular complexity index is 813. The zero-order valence-electron chi connectivity index (χ0n) is 12.6. The predicted molar refractivity (Wildman–Crippen MR) is 85.6 cm³/mol. The number of rotatable bonds is 4. The smallest absolute Gasteiger partial charge is 0.214 e. The monoisotopic (exact) mass is 299 g/mol. The zero-order valence-corrected chi connectivity index (χ0v) is 12.6. The number of aromatic hydroxyl groups is 1. The fraction of sp³-hybridized carbons (Fsp3) is 0.235. The molecule has 0 unspecified atom stereocenters. The molecule has 0 atom stereocenters. The van der Waals surface area contributed by atoms with Gasteiger partial charge in [-0.25, -0.2) is 9.07 Å². The third-order valence-electron chi connectivity index (χ3n) is 3.78. The summed E-state index contributed by atoms with van der Waals surface area (Å²) in [6.45, 7) is 4.45. The Morgan fingerprint density at radius 1 is 1.27 bits per heavy atom. The Morgan fingerprint density at radius 2 is 2.05 bits per heavy atom. The summed E-state index contributed by atoms with van der Waals surface area (Å²) < 4.78 is 15.9. The van der Waals surface area contributed by atoms with Crippen LogP contribution in [0.2, 0.25) is 0 Å². The fourth-order valence-electron chi connectivity index (χ4n) is 2.73. The SMILES string of the molecule is CCCN(c1ccncc1F)n1c(O)c(C)c2ccccc21. The molecule has 0 bridgehead atoms. The summed E-state index contributed by atoms with van der Waals surface area (Å²) in [7, 11) is 0. The van der Waals surface area contributed by atoms with Gasteiger partial charge in [0.2, 0.25) is 5.88 Å². The molecular weight excluding hydrogens is 281 g/mol. The molecule has 0 radical (unpaired) electrons. The van der Waals surface area contributed by atoms with Gasteiger partial charge in [-0.15, -0.1) is 0 Å². The van der Waals surface area contributed by atoms with E-state index in [0.29, 0.717) is 12.2 Å². The Labute approximate surface area is 128 Å². The summed E-state index contributed by atoms with van der Waals surface area (Å²) in [6.07, 6.45) is 3.55. The highest BCUT2D eigenvalue weighted by molar-refractivity contribution is 5.87. The number of hydrogen-bond acceptors (Lipinski definition) is 3. The summed E-state index contributed by atoms with van der Waals surface area (Å²) in [5, 5.41) is 13.3. The maximum absolute atomic E-state index is 14.2. The van der Waals surface area contributed by atoms with Gasteiger partial charge in [-0.1, -0.05) is 25.1 Å². The minimum atomic E-state index is -0.411. The lowest BCUT2D eigenvalue weighted by Gasteiger charge is -2.27. The molecule has 1 N–H and O–H groups in total. The van der Waals surface area contributed by atoms with Crippen molar-refractivity contribution in [3.63, 3.8) is 0 Å². The van der Waals surface area contributed by atoms with Crippen LogP contribution in [0.25, 0.3) is 10.9 Å². The van der Waals surface area contributed by atoms with Gasteiger partial charge in [-0.2, -0.15) is 0 Å². The summed E-state index contributed by atoms with van der Waals surface area (Å²) in [4.78, 5) is 3.80. The minimum Gasteiger partial charge on any atom is -0.493 e. The number of para-hydroxylation sites is 1. The van der Waals surface area contributed by atoms with Gasteiger partial charge in [-0.3, -0.25) is 9.99 Å². The number of benzene rings is 1. The normalized spacial score (nSPS) is 11.0. The van der Waals surface area contributed by atoms with Crippen molar-refractivity contribution in [1.29, 1.82) is 0 Å². The third kappa shape index (κ3) is 2.19. The van der Waals surface area contributed by atoms with Gasteiger partial charge in [0.25, 0.3) is 0 Å². The van der Waals surface area contributed by atoms with E-state index in [0.717, 1.165) is 22.9 Å². The van der Waals surface area contributed by atoms with Crippen molar-refractivity contribution < 1.29 is 9.50 Å². The first kappa shape index (κ1) is 14.4.